The van der Waals surface area contributed by atoms with Gasteiger partial charge in [0.1, 0.15) is 5.75 Å². The van der Waals surface area contributed by atoms with Gasteiger partial charge in [0.15, 0.2) is 0 Å². The Kier molecular flexibility index (Phi) is 7.71. The normalized spacial score (nSPS) is 16.8. The third kappa shape index (κ3) is 5.95. The van der Waals surface area contributed by atoms with Crippen molar-refractivity contribution in [2.24, 2.45) is 11.7 Å². The van der Waals surface area contributed by atoms with Crippen LogP contribution in [0.3, 0.4) is 0 Å². The Balaban J connectivity index is 1.55. The Bertz CT molecular complexity index is 400. The second kappa shape index (κ2) is 9.82. The van der Waals surface area contributed by atoms with Crippen molar-refractivity contribution in [1.82, 2.24) is 4.90 Å². The number of likely N-dealkylation sites (tertiary alicyclic amines) is 1. The van der Waals surface area contributed by atoms with Gasteiger partial charge in [-0.1, -0.05) is 12.1 Å². The molecule has 0 radical (unpaired) electrons. The molecule has 0 unspecified atom stereocenters. The Morgan fingerprint density at radius 2 is 1.86 bits per heavy atom. The maximum atomic E-state index is 8.87. The van der Waals surface area contributed by atoms with Crippen LogP contribution in [-0.4, -0.2) is 42.9 Å². The molecule has 0 bridgehead atoms. The lowest BCUT2D eigenvalue weighted by molar-refractivity contribution is 0.158. The molecule has 3 N–H and O–H groups in total. The lowest BCUT2D eigenvalue weighted by atomic mass is 9.92. The molecular weight excluding hydrogens is 276 g/mol. The number of hydrogen-bond acceptors (Lipinski definition) is 4. The van der Waals surface area contributed by atoms with Crippen molar-refractivity contribution in [2.75, 3.05) is 32.8 Å². The number of piperidine rings is 1. The van der Waals surface area contributed by atoms with Crippen LogP contribution in [0.2, 0.25) is 0 Å². The van der Waals surface area contributed by atoms with Gasteiger partial charge in [-0.3, -0.25) is 0 Å². The predicted molar refractivity (Wildman–Crippen MR) is 89.9 cm³/mol. The Hall–Kier alpha value is -1.10. The van der Waals surface area contributed by atoms with Gasteiger partial charge < -0.3 is 20.5 Å². The summed E-state index contributed by atoms with van der Waals surface area (Å²) in [5.41, 5.74) is 6.72. The van der Waals surface area contributed by atoms with Crippen molar-refractivity contribution in [3.05, 3.63) is 29.8 Å². The molecule has 1 aromatic rings. The zero-order chi connectivity index (χ0) is 15.6. The number of benzene rings is 1. The number of nitrogens with zero attached hydrogens (tertiary/aromatic N) is 1. The lowest BCUT2D eigenvalue weighted by Crippen LogP contribution is -2.34. The number of rotatable bonds is 9. The van der Waals surface area contributed by atoms with Crippen molar-refractivity contribution in [3.8, 4) is 5.75 Å². The first-order valence-electron chi connectivity index (χ1n) is 8.57. The molecule has 22 heavy (non-hydrogen) atoms. The van der Waals surface area contributed by atoms with E-state index in [9.17, 15) is 0 Å². The van der Waals surface area contributed by atoms with E-state index in [-0.39, 0.29) is 0 Å². The monoisotopic (exact) mass is 306 g/mol. The number of ether oxygens (including phenoxy) is 1. The van der Waals surface area contributed by atoms with Crippen molar-refractivity contribution < 1.29 is 9.84 Å². The molecule has 0 atom stereocenters. The summed E-state index contributed by atoms with van der Waals surface area (Å²) in [5, 5.41) is 8.87. The molecule has 0 saturated carbocycles. The largest absolute Gasteiger partial charge is 0.494 e. The molecule has 1 fully saturated rings. The van der Waals surface area contributed by atoms with Gasteiger partial charge >= 0.3 is 0 Å². The van der Waals surface area contributed by atoms with E-state index >= 15 is 0 Å². The van der Waals surface area contributed by atoms with E-state index < -0.39 is 0 Å². The van der Waals surface area contributed by atoms with Gasteiger partial charge in [-0.25, -0.2) is 0 Å². The zero-order valence-corrected chi connectivity index (χ0v) is 13.5. The summed E-state index contributed by atoms with van der Waals surface area (Å²) in [7, 11) is 0. The van der Waals surface area contributed by atoms with Crippen LogP contribution in [0.25, 0.3) is 0 Å². The van der Waals surface area contributed by atoms with E-state index in [1.54, 1.807) is 0 Å². The molecule has 1 aromatic carbocycles. The van der Waals surface area contributed by atoms with Crippen molar-refractivity contribution in [3.63, 3.8) is 0 Å². The number of aliphatic hydroxyl groups is 1. The first kappa shape index (κ1) is 17.3. The fourth-order valence-electron chi connectivity index (χ4n) is 3.08. The van der Waals surface area contributed by atoms with Gasteiger partial charge in [0.25, 0.3) is 0 Å². The molecule has 1 saturated heterocycles. The van der Waals surface area contributed by atoms with Gasteiger partial charge in [-0.2, -0.15) is 0 Å². The molecule has 124 valence electrons. The maximum absolute atomic E-state index is 8.87. The Labute approximate surface area is 134 Å². The summed E-state index contributed by atoms with van der Waals surface area (Å²) in [6.45, 7) is 5.11. The fourth-order valence-corrected chi connectivity index (χ4v) is 3.08. The molecule has 0 spiro atoms. The van der Waals surface area contributed by atoms with E-state index in [4.69, 9.17) is 15.6 Å². The minimum atomic E-state index is 0.309. The van der Waals surface area contributed by atoms with Crippen LogP contribution in [0, 0.1) is 5.92 Å². The second-order valence-corrected chi connectivity index (χ2v) is 6.20. The highest BCUT2D eigenvalue weighted by Gasteiger charge is 2.18. The van der Waals surface area contributed by atoms with Crippen LogP contribution in [-0.2, 0) is 6.54 Å². The molecule has 0 aliphatic carbocycles. The van der Waals surface area contributed by atoms with Crippen molar-refractivity contribution in [2.45, 2.75) is 38.6 Å². The minimum Gasteiger partial charge on any atom is -0.494 e. The van der Waals surface area contributed by atoms with Gasteiger partial charge in [0.2, 0.25) is 0 Å². The molecule has 1 heterocycles. The minimum absolute atomic E-state index is 0.309. The van der Waals surface area contributed by atoms with Crippen LogP contribution in [0.15, 0.2) is 24.3 Å². The summed E-state index contributed by atoms with van der Waals surface area (Å²) < 4.78 is 5.79. The van der Waals surface area contributed by atoms with E-state index in [1.165, 1.54) is 32.4 Å². The van der Waals surface area contributed by atoms with E-state index in [0.29, 0.717) is 13.2 Å². The Morgan fingerprint density at radius 1 is 1.14 bits per heavy atom. The smallest absolute Gasteiger partial charge is 0.119 e. The van der Waals surface area contributed by atoms with E-state index in [1.807, 2.05) is 24.3 Å². The zero-order valence-electron chi connectivity index (χ0n) is 13.5. The summed E-state index contributed by atoms with van der Waals surface area (Å²) in [6, 6.07) is 8.05. The maximum Gasteiger partial charge on any atom is 0.119 e. The summed E-state index contributed by atoms with van der Waals surface area (Å²) >= 11 is 0. The number of hydrogen-bond donors (Lipinski definition) is 2. The quantitative estimate of drug-likeness (QED) is 0.688. The van der Waals surface area contributed by atoms with Gasteiger partial charge in [-0.15, -0.1) is 0 Å². The highest BCUT2D eigenvalue weighted by molar-refractivity contribution is 5.26. The number of nitrogens with two attached hydrogens (primary N) is 1. The fraction of sp³-hybridized carbons (Fsp3) is 0.667. The third-order valence-corrected chi connectivity index (χ3v) is 4.52. The van der Waals surface area contributed by atoms with Crippen LogP contribution < -0.4 is 10.5 Å². The summed E-state index contributed by atoms with van der Waals surface area (Å²) in [6.07, 6.45) is 5.86. The van der Waals surface area contributed by atoms with Crippen LogP contribution in [0.4, 0.5) is 0 Å². The predicted octanol–water partition coefficient (Wildman–Crippen LogP) is 2.40. The molecule has 1 aliphatic heterocycles. The van der Waals surface area contributed by atoms with Gasteiger partial charge in [0.05, 0.1) is 6.61 Å². The van der Waals surface area contributed by atoms with Crippen LogP contribution >= 0.6 is 0 Å². The molecule has 1 aliphatic rings. The highest BCUT2D eigenvalue weighted by atomic mass is 16.5. The average Bonchev–Trinajstić information content (AvgIpc) is 2.58. The van der Waals surface area contributed by atoms with Crippen LogP contribution in [0.1, 0.15) is 37.7 Å². The van der Waals surface area contributed by atoms with Gasteiger partial charge in [0, 0.05) is 19.7 Å². The first-order chi connectivity index (χ1) is 10.8. The highest BCUT2D eigenvalue weighted by Crippen LogP contribution is 2.22. The summed E-state index contributed by atoms with van der Waals surface area (Å²) in [4.78, 5) is 2.47. The first-order valence-corrected chi connectivity index (χ1v) is 8.57. The third-order valence-electron chi connectivity index (χ3n) is 4.52. The van der Waals surface area contributed by atoms with E-state index in [0.717, 1.165) is 43.2 Å². The van der Waals surface area contributed by atoms with Crippen molar-refractivity contribution >= 4 is 0 Å². The standard InChI is InChI=1S/C18H30N2O2/c19-15-17-4-6-18(7-5-17)22-14-1-3-16-8-11-20(12-9-16)10-2-13-21/h4-7,16,21H,1-3,8-15,19H2. The number of aliphatic hydroxyl groups excluding tert-OH is 1. The Morgan fingerprint density at radius 3 is 2.50 bits per heavy atom. The molecule has 0 amide bonds. The average molecular weight is 306 g/mol. The molecule has 0 aromatic heterocycles. The van der Waals surface area contributed by atoms with E-state index in [2.05, 4.69) is 4.90 Å². The molecular formula is C18H30N2O2. The lowest BCUT2D eigenvalue weighted by Gasteiger charge is -2.31. The topological polar surface area (TPSA) is 58.7 Å². The van der Waals surface area contributed by atoms with Crippen molar-refractivity contribution in [1.29, 1.82) is 0 Å². The second-order valence-electron chi connectivity index (χ2n) is 6.20. The van der Waals surface area contributed by atoms with Gasteiger partial charge in [-0.05, 0) is 68.8 Å². The SMILES string of the molecule is NCc1ccc(OCCCC2CCN(CCCO)CC2)cc1. The summed E-state index contributed by atoms with van der Waals surface area (Å²) in [5.74, 6) is 1.78. The molecule has 4 heteroatoms. The van der Waals surface area contributed by atoms with Crippen LogP contribution in [0.5, 0.6) is 5.75 Å². The molecule has 4 nitrogen and oxygen atoms in total. The molecule has 2 rings (SSSR count).